The molecule has 0 spiro atoms. The molecule has 2 atom stereocenters. The van der Waals surface area contributed by atoms with Gasteiger partial charge >= 0.3 is 0 Å². The van der Waals surface area contributed by atoms with Crippen molar-refractivity contribution in [3.63, 3.8) is 0 Å². The summed E-state index contributed by atoms with van der Waals surface area (Å²) < 4.78 is 1.96. The number of nitrogens with one attached hydrogen (secondary N) is 1. The molecule has 4 rings (SSSR count). The van der Waals surface area contributed by atoms with Crippen molar-refractivity contribution < 1.29 is 4.79 Å². The number of rotatable bonds is 2. The van der Waals surface area contributed by atoms with Crippen LogP contribution in [0.5, 0.6) is 0 Å². The average Bonchev–Trinajstić information content (AvgIpc) is 3.12. The van der Waals surface area contributed by atoms with Crippen molar-refractivity contribution in [1.29, 1.82) is 0 Å². The monoisotopic (exact) mass is 389 g/mol. The van der Waals surface area contributed by atoms with Crippen LogP contribution in [0.1, 0.15) is 41.9 Å². The van der Waals surface area contributed by atoms with E-state index in [1.807, 2.05) is 27.9 Å². The molecule has 0 aliphatic carbocycles. The molecule has 0 radical (unpaired) electrons. The number of carbonyl (C=O) groups excluding carboxylic acids is 1. The van der Waals surface area contributed by atoms with Gasteiger partial charge in [-0.1, -0.05) is 18.2 Å². The highest BCUT2D eigenvalue weighted by Gasteiger charge is 2.29. The maximum absolute atomic E-state index is 13.2. The molecular weight excluding hydrogens is 362 g/mol. The minimum absolute atomic E-state index is 0. The van der Waals surface area contributed by atoms with E-state index >= 15 is 0 Å². The van der Waals surface area contributed by atoms with Crippen molar-refractivity contribution in [1.82, 2.24) is 20.0 Å². The van der Waals surface area contributed by atoms with E-state index < -0.39 is 0 Å². The van der Waals surface area contributed by atoms with Gasteiger partial charge in [-0.05, 0) is 44.0 Å². The van der Waals surface area contributed by atoms with Crippen LogP contribution in [0.2, 0.25) is 0 Å². The third kappa shape index (κ3) is 3.96. The van der Waals surface area contributed by atoms with E-state index in [1.54, 1.807) is 0 Å². The Morgan fingerprint density at radius 2 is 2.07 bits per heavy atom. The van der Waals surface area contributed by atoms with Gasteiger partial charge < -0.3 is 15.1 Å². The zero-order chi connectivity index (χ0) is 18.1. The summed E-state index contributed by atoms with van der Waals surface area (Å²) in [7, 11) is 2.09. The minimum Gasteiger partial charge on any atom is -0.372 e. The highest BCUT2D eigenvalue weighted by molar-refractivity contribution is 5.92. The Labute approximate surface area is 166 Å². The van der Waals surface area contributed by atoms with Crippen LogP contribution in [0.4, 0.5) is 5.69 Å². The fourth-order valence-corrected chi connectivity index (χ4v) is 4.08. The second-order valence-electron chi connectivity index (χ2n) is 7.47. The Morgan fingerprint density at radius 1 is 1.26 bits per heavy atom. The van der Waals surface area contributed by atoms with Crippen LogP contribution < -0.4 is 10.2 Å². The number of para-hydroxylation sites is 1. The fraction of sp³-hybridized carbons (Fsp3) is 0.500. The third-order valence-electron chi connectivity index (χ3n) is 5.55. The Morgan fingerprint density at radius 3 is 2.85 bits per heavy atom. The molecule has 1 fully saturated rings. The first kappa shape index (κ1) is 19.7. The van der Waals surface area contributed by atoms with E-state index in [1.165, 1.54) is 11.3 Å². The Kier molecular flexibility index (Phi) is 6.07. The summed E-state index contributed by atoms with van der Waals surface area (Å²) in [5.74, 6) is 0.0186. The van der Waals surface area contributed by atoms with E-state index in [9.17, 15) is 4.79 Å². The van der Waals surface area contributed by atoms with Gasteiger partial charge in [0.05, 0.1) is 6.04 Å². The lowest BCUT2D eigenvalue weighted by atomic mass is 10.1. The van der Waals surface area contributed by atoms with Crippen molar-refractivity contribution in [2.45, 2.75) is 38.4 Å². The number of fused-ring (bicyclic) bond motifs is 1. The van der Waals surface area contributed by atoms with Crippen LogP contribution in [-0.4, -0.2) is 53.3 Å². The van der Waals surface area contributed by atoms with Crippen molar-refractivity contribution in [2.75, 3.05) is 31.6 Å². The number of nitrogens with zero attached hydrogens (tertiary/aromatic N) is 4. The molecule has 2 unspecified atom stereocenters. The standard InChI is InChI=1S/C20H27N5O.ClH/c1-15-13-23(2)19-8-4-3-6-16(19)14-24(15)20(26)18-9-11-25(22-18)17-7-5-10-21-12-17;/h3-4,6,8-9,11,15,17,21H,5,7,10,12-14H2,1-2H3;1H. The first-order valence-corrected chi connectivity index (χ1v) is 9.49. The number of carbonyl (C=O) groups is 1. The van der Waals surface area contributed by atoms with Gasteiger partial charge in [-0.3, -0.25) is 9.48 Å². The smallest absolute Gasteiger partial charge is 0.274 e. The van der Waals surface area contributed by atoms with Gasteiger partial charge in [0.15, 0.2) is 0 Å². The van der Waals surface area contributed by atoms with Gasteiger partial charge in [-0.15, -0.1) is 12.4 Å². The van der Waals surface area contributed by atoms with Gasteiger partial charge in [0.1, 0.15) is 5.69 Å². The summed E-state index contributed by atoms with van der Waals surface area (Å²) in [6.07, 6.45) is 4.22. The van der Waals surface area contributed by atoms with Gasteiger partial charge in [0.25, 0.3) is 5.91 Å². The zero-order valence-electron chi connectivity index (χ0n) is 16.0. The highest BCUT2D eigenvalue weighted by Crippen LogP contribution is 2.27. The predicted molar refractivity (Wildman–Crippen MR) is 110 cm³/mol. The zero-order valence-corrected chi connectivity index (χ0v) is 16.8. The average molecular weight is 390 g/mol. The molecule has 1 aromatic heterocycles. The van der Waals surface area contributed by atoms with Crippen molar-refractivity contribution in [2.24, 2.45) is 0 Å². The molecule has 1 saturated heterocycles. The summed E-state index contributed by atoms with van der Waals surface area (Å²) in [5.41, 5.74) is 2.93. The molecule has 2 aliphatic rings. The molecular formula is C20H28ClN5O. The molecule has 0 saturated carbocycles. The van der Waals surface area contributed by atoms with Crippen LogP contribution >= 0.6 is 12.4 Å². The van der Waals surface area contributed by atoms with Crippen molar-refractivity contribution >= 4 is 24.0 Å². The molecule has 0 bridgehead atoms. The number of amides is 1. The Balaban J connectivity index is 0.00000210. The largest absolute Gasteiger partial charge is 0.372 e. The molecule has 146 valence electrons. The molecule has 2 aromatic rings. The number of aromatic nitrogens is 2. The maximum Gasteiger partial charge on any atom is 0.274 e. The van der Waals surface area contributed by atoms with Crippen LogP contribution in [0.25, 0.3) is 0 Å². The van der Waals surface area contributed by atoms with Gasteiger partial charge in [0.2, 0.25) is 0 Å². The number of anilines is 1. The second-order valence-corrected chi connectivity index (χ2v) is 7.47. The third-order valence-corrected chi connectivity index (χ3v) is 5.55. The molecule has 7 heteroatoms. The quantitative estimate of drug-likeness (QED) is 0.858. The van der Waals surface area contributed by atoms with Crippen LogP contribution in [0, 0.1) is 0 Å². The van der Waals surface area contributed by atoms with E-state index in [2.05, 4.69) is 47.5 Å². The molecule has 1 amide bonds. The van der Waals surface area contributed by atoms with E-state index in [0.717, 1.165) is 32.5 Å². The van der Waals surface area contributed by atoms with Crippen molar-refractivity contribution in [3.8, 4) is 0 Å². The van der Waals surface area contributed by atoms with E-state index in [0.29, 0.717) is 18.3 Å². The van der Waals surface area contributed by atoms with Gasteiger partial charge in [-0.25, -0.2) is 0 Å². The highest BCUT2D eigenvalue weighted by atomic mass is 35.5. The molecule has 2 aliphatic heterocycles. The maximum atomic E-state index is 13.2. The summed E-state index contributed by atoms with van der Waals surface area (Å²) in [5, 5.41) is 8.03. The molecule has 3 heterocycles. The Bertz CT molecular complexity index is 786. The SMILES string of the molecule is CC1CN(C)c2ccccc2CN1C(=O)c1ccn(C2CCCNC2)n1.Cl. The number of piperidine rings is 1. The summed E-state index contributed by atoms with van der Waals surface area (Å²) in [4.78, 5) is 17.4. The van der Waals surface area contributed by atoms with Gasteiger partial charge in [-0.2, -0.15) is 5.10 Å². The van der Waals surface area contributed by atoms with Crippen molar-refractivity contribution in [3.05, 3.63) is 47.8 Å². The molecule has 1 aromatic carbocycles. The lowest BCUT2D eigenvalue weighted by Gasteiger charge is -2.28. The number of halogens is 1. The Hall–Kier alpha value is -2.05. The lowest BCUT2D eigenvalue weighted by Crippen LogP contribution is -2.42. The summed E-state index contributed by atoms with van der Waals surface area (Å²) in [6.45, 7) is 5.55. The molecule has 27 heavy (non-hydrogen) atoms. The number of likely N-dealkylation sites (N-methyl/N-ethyl adjacent to an activating group) is 1. The van der Waals surface area contributed by atoms with Gasteiger partial charge in [0, 0.05) is 44.6 Å². The normalized spacial score (nSPS) is 22.6. The summed E-state index contributed by atoms with van der Waals surface area (Å²) >= 11 is 0. The fourth-order valence-electron chi connectivity index (χ4n) is 4.08. The second kappa shape index (κ2) is 8.31. The number of hydrogen-bond acceptors (Lipinski definition) is 4. The summed E-state index contributed by atoms with van der Waals surface area (Å²) in [6, 6.07) is 10.7. The van der Waals surface area contributed by atoms with Crippen LogP contribution in [-0.2, 0) is 6.54 Å². The lowest BCUT2D eigenvalue weighted by molar-refractivity contribution is 0.0679. The number of benzene rings is 1. The van der Waals surface area contributed by atoms with E-state index in [4.69, 9.17) is 0 Å². The topological polar surface area (TPSA) is 53.4 Å². The van der Waals surface area contributed by atoms with Crippen LogP contribution in [0.15, 0.2) is 36.5 Å². The van der Waals surface area contributed by atoms with Crippen LogP contribution in [0.3, 0.4) is 0 Å². The molecule has 1 N–H and O–H groups in total. The first-order chi connectivity index (χ1) is 12.6. The molecule has 6 nitrogen and oxygen atoms in total. The minimum atomic E-state index is 0. The predicted octanol–water partition coefficient (Wildman–Crippen LogP) is 2.71. The van der Waals surface area contributed by atoms with E-state index in [-0.39, 0.29) is 24.4 Å². The first-order valence-electron chi connectivity index (χ1n) is 9.49. The number of hydrogen-bond donors (Lipinski definition) is 1.